The van der Waals surface area contributed by atoms with Gasteiger partial charge in [-0.1, -0.05) is 0 Å². The molecule has 7 heteroatoms. The molecule has 1 unspecified atom stereocenters. The van der Waals surface area contributed by atoms with Gasteiger partial charge in [0.2, 0.25) is 5.91 Å². The van der Waals surface area contributed by atoms with E-state index in [4.69, 9.17) is 0 Å². The number of nitrogens with one attached hydrogen (secondary N) is 3. The van der Waals surface area contributed by atoms with Crippen LogP contribution in [0.15, 0.2) is 24.7 Å². The van der Waals surface area contributed by atoms with Crippen molar-refractivity contribution in [1.29, 1.82) is 0 Å². The van der Waals surface area contributed by atoms with E-state index in [-0.39, 0.29) is 11.9 Å². The van der Waals surface area contributed by atoms with Gasteiger partial charge >= 0.3 is 0 Å². The number of fused-ring (bicyclic) bond motifs is 1. The molecule has 1 aliphatic heterocycles. The summed E-state index contributed by atoms with van der Waals surface area (Å²) in [5.41, 5.74) is 1.70. The lowest BCUT2D eigenvalue weighted by molar-refractivity contribution is -0.133. The van der Waals surface area contributed by atoms with Gasteiger partial charge in [-0.3, -0.25) is 14.6 Å². The van der Waals surface area contributed by atoms with Gasteiger partial charge in [0.05, 0.1) is 17.9 Å². The highest BCUT2D eigenvalue weighted by molar-refractivity contribution is 5.85. The lowest BCUT2D eigenvalue weighted by Crippen LogP contribution is -2.55. The Kier molecular flexibility index (Phi) is 3.65. The molecule has 0 bridgehead atoms. The molecule has 2 aromatic rings. The van der Waals surface area contributed by atoms with Crippen molar-refractivity contribution in [2.75, 3.05) is 13.1 Å². The first-order chi connectivity index (χ1) is 11.3. The fourth-order valence-corrected chi connectivity index (χ4v) is 3.82. The highest BCUT2D eigenvalue weighted by Crippen LogP contribution is 2.31. The monoisotopic (exact) mass is 314 g/mol. The van der Waals surface area contributed by atoms with Gasteiger partial charge in [0, 0.05) is 12.4 Å². The Labute approximate surface area is 134 Å². The molecule has 2 aliphatic rings. The van der Waals surface area contributed by atoms with Crippen molar-refractivity contribution < 1.29 is 4.79 Å². The summed E-state index contributed by atoms with van der Waals surface area (Å²) in [4.78, 5) is 13.2. The normalized spacial score (nSPS) is 23.2. The number of piperidine rings is 1. The van der Waals surface area contributed by atoms with E-state index in [2.05, 4.69) is 25.9 Å². The standard InChI is InChI=1S/C16H22N6O/c23-15(20-13-4-1-3-12-11-18-21-14(12)13)16(5-8-17-9-6-16)22-10-2-7-19-22/h2,7,10-11,13,17H,1,3-6,8-9H2,(H,18,21)(H,20,23). The van der Waals surface area contributed by atoms with Crippen LogP contribution >= 0.6 is 0 Å². The minimum absolute atomic E-state index is 0.0241. The molecule has 1 saturated heterocycles. The molecule has 7 nitrogen and oxygen atoms in total. The number of nitrogens with zero attached hydrogens (tertiary/aromatic N) is 3. The number of hydrogen-bond donors (Lipinski definition) is 3. The fourth-order valence-electron chi connectivity index (χ4n) is 3.82. The van der Waals surface area contributed by atoms with Gasteiger partial charge < -0.3 is 10.6 Å². The van der Waals surface area contributed by atoms with Crippen molar-refractivity contribution >= 4 is 5.91 Å². The van der Waals surface area contributed by atoms with E-state index >= 15 is 0 Å². The predicted octanol–water partition coefficient (Wildman–Crippen LogP) is 0.879. The van der Waals surface area contributed by atoms with Crippen LogP contribution in [0, 0.1) is 0 Å². The third-order valence-corrected chi connectivity index (χ3v) is 5.14. The van der Waals surface area contributed by atoms with E-state index < -0.39 is 5.54 Å². The molecule has 3 N–H and O–H groups in total. The Hall–Kier alpha value is -2.15. The van der Waals surface area contributed by atoms with Gasteiger partial charge in [0.15, 0.2) is 0 Å². The number of carbonyl (C=O) groups excluding carboxylic acids is 1. The first kappa shape index (κ1) is 14.4. The molecule has 3 heterocycles. The van der Waals surface area contributed by atoms with Gasteiger partial charge in [-0.15, -0.1) is 0 Å². The van der Waals surface area contributed by atoms with Crippen molar-refractivity contribution in [2.45, 2.75) is 43.7 Å². The Morgan fingerprint density at radius 1 is 1.39 bits per heavy atom. The summed E-state index contributed by atoms with van der Waals surface area (Å²) in [6.45, 7) is 1.65. The number of rotatable bonds is 3. The molecule has 1 amide bonds. The minimum atomic E-state index is -0.591. The summed E-state index contributed by atoms with van der Waals surface area (Å²) >= 11 is 0. The predicted molar refractivity (Wildman–Crippen MR) is 84.7 cm³/mol. The minimum Gasteiger partial charge on any atom is -0.346 e. The smallest absolute Gasteiger partial charge is 0.248 e. The zero-order chi connectivity index (χ0) is 15.7. The molecule has 0 spiro atoms. The van der Waals surface area contributed by atoms with Crippen molar-refractivity contribution in [3.05, 3.63) is 35.9 Å². The second-order valence-corrected chi connectivity index (χ2v) is 6.46. The average Bonchev–Trinajstić information content (AvgIpc) is 3.27. The van der Waals surface area contributed by atoms with Crippen LogP contribution in [-0.2, 0) is 16.8 Å². The molecule has 1 atom stereocenters. The summed E-state index contributed by atoms with van der Waals surface area (Å²) < 4.78 is 1.83. The Balaban J connectivity index is 1.60. The Morgan fingerprint density at radius 2 is 2.26 bits per heavy atom. The van der Waals surface area contributed by atoms with Crippen LogP contribution in [0.5, 0.6) is 0 Å². The lowest BCUT2D eigenvalue weighted by Gasteiger charge is -2.38. The molecule has 0 aromatic carbocycles. The molecule has 1 aliphatic carbocycles. The summed E-state index contributed by atoms with van der Waals surface area (Å²) in [6.07, 6.45) is 10.1. The highest BCUT2D eigenvalue weighted by Gasteiger charge is 2.43. The zero-order valence-electron chi connectivity index (χ0n) is 13.1. The number of hydrogen-bond acceptors (Lipinski definition) is 4. The highest BCUT2D eigenvalue weighted by atomic mass is 16.2. The number of carbonyl (C=O) groups is 1. The van der Waals surface area contributed by atoms with E-state index in [1.807, 2.05) is 23.1 Å². The van der Waals surface area contributed by atoms with Crippen LogP contribution < -0.4 is 10.6 Å². The Bertz CT molecular complexity index is 671. The van der Waals surface area contributed by atoms with E-state index in [0.29, 0.717) is 0 Å². The topological polar surface area (TPSA) is 87.6 Å². The maximum atomic E-state index is 13.2. The maximum absolute atomic E-state index is 13.2. The van der Waals surface area contributed by atoms with Gasteiger partial charge in [-0.05, 0) is 56.8 Å². The van der Waals surface area contributed by atoms with Crippen LogP contribution in [0.4, 0.5) is 0 Å². The second kappa shape index (κ2) is 5.81. The summed E-state index contributed by atoms with van der Waals surface area (Å²) in [5.74, 6) is 0.0650. The molecular formula is C16H22N6O. The molecule has 0 radical (unpaired) electrons. The van der Waals surface area contributed by atoms with Crippen LogP contribution in [0.2, 0.25) is 0 Å². The molecule has 23 heavy (non-hydrogen) atoms. The van der Waals surface area contributed by atoms with Crippen LogP contribution in [-0.4, -0.2) is 39.0 Å². The average molecular weight is 314 g/mol. The first-order valence-corrected chi connectivity index (χ1v) is 8.33. The van der Waals surface area contributed by atoms with Crippen molar-refractivity contribution in [2.24, 2.45) is 0 Å². The lowest BCUT2D eigenvalue weighted by atomic mass is 9.86. The van der Waals surface area contributed by atoms with E-state index in [1.165, 1.54) is 5.56 Å². The maximum Gasteiger partial charge on any atom is 0.248 e. The van der Waals surface area contributed by atoms with Crippen LogP contribution in [0.3, 0.4) is 0 Å². The molecule has 2 aromatic heterocycles. The molecule has 0 saturated carbocycles. The summed E-state index contributed by atoms with van der Waals surface area (Å²) in [6, 6.07) is 1.90. The van der Waals surface area contributed by atoms with Gasteiger partial charge in [0.1, 0.15) is 5.54 Å². The third-order valence-electron chi connectivity index (χ3n) is 5.14. The van der Waals surface area contributed by atoms with Gasteiger partial charge in [-0.2, -0.15) is 10.2 Å². The van der Waals surface area contributed by atoms with Crippen molar-refractivity contribution in [1.82, 2.24) is 30.6 Å². The number of amides is 1. The first-order valence-electron chi connectivity index (χ1n) is 8.33. The number of aryl methyl sites for hydroxylation is 1. The summed E-state index contributed by atoms with van der Waals surface area (Å²) in [7, 11) is 0. The van der Waals surface area contributed by atoms with Crippen LogP contribution in [0.25, 0.3) is 0 Å². The number of aromatic amines is 1. The molecular weight excluding hydrogens is 292 g/mol. The summed E-state index contributed by atoms with van der Waals surface area (Å²) in [5, 5.41) is 18.2. The largest absolute Gasteiger partial charge is 0.346 e. The molecule has 1 fully saturated rings. The zero-order valence-corrected chi connectivity index (χ0v) is 13.1. The fraction of sp³-hybridized carbons (Fsp3) is 0.562. The molecule has 4 rings (SSSR count). The van der Waals surface area contributed by atoms with Crippen molar-refractivity contribution in [3.8, 4) is 0 Å². The molecule has 122 valence electrons. The van der Waals surface area contributed by atoms with Gasteiger partial charge in [-0.25, -0.2) is 0 Å². The number of H-pyrrole nitrogens is 1. The van der Waals surface area contributed by atoms with E-state index in [1.54, 1.807) is 6.20 Å². The van der Waals surface area contributed by atoms with Crippen molar-refractivity contribution in [3.63, 3.8) is 0 Å². The van der Waals surface area contributed by atoms with Crippen LogP contribution in [0.1, 0.15) is 43.0 Å². The second-order valence-electron chi connectivity index (χ2n) is 6.46. The SMILES string of the molecule is O=C(NC1CCCc2cn[nH]c21)C1(n2cccn2)CCNCC1. The quantitative estimate of drug-likeness (QED) is 0.785. The Morgan fingerprint density at radius 3 is 3.04 bits per heavy atom. The third kappa shape index (κ3) is 2.45. The van der Waals surface area contributed by atoms with Gasteiger partial charge in [0.25, 0.3) is 0 Å². The number of aromatic nitrogens is 4. The van der Waals surface area contributed by atoms with E-state index in [9.17, 15) is 4.79 Å². The van der Waals surface area contributed by atoms with E-state index in [0.717, 1.165) is 50.9 Å².